The number of benzene rings is 2. The molecule has 1 saturated heterocycles. The molecule has 5 rings (SSSR count). The second-order valence-electron chi connectivity index (χ2n) is 9.79. The molecule has 2 amide bonds. The summed E-state index contributed by atoms with van der Waals surface area (Å²) in [6.07, 6.45) is 5.99. The van der Waals surface area contributed by atoms with Crippen molar-refractivity contribution in [3.8, 4) is 5.75 Å². The van der Waals surface area contributed by atoms with Crippen molar-refractivity contribution in [1.82, 2.24) is 19.8 Å². The molecule has 3 heterocycles. The molecule has 184 valence electrons. The molecule has 3 aromatic rings. The maximum Gasteiger partial charge on any atom is 0.242 e. The SMILES string of the molecule is Cc1nc2ccc(CC(=O)N3CCCOc4cccc(c4)CCC4CCCCN4C(=O)C3)cc2[nH]1. The van der Waals surface area contributed by atoms with Gasteiger partial charge in [0.15, 0.2) is 0 Å². The first-order valence-corrected chi connectivity index (χ1v) is 12.8. The predicted molar refractivity (Wildman–Crippen MR) is 135 cm³/mol. The zero-order valence-corrected chi connectivity index (χ0v) is 20.5. The molecule has 0 aliphatic carbocycles. The monoisotopic (exact) mass is 474 g/mol. The smallest absolute Gasteiger partial charge is 0.242 e. The Bertz CT molecular complexity index is 1200. The van der Waals surface area contributed by atoms with Crippen molar-refractivity contribution in [2.45, 2.75) is 57.9 Å². The van der Waals surface area contributed by atoms with Crippen molar-refractivity contribution in [3.63, 3.8) is 0 Å². The van der Waals surface area contributed by atoms with E-state index in [1.54, 1.807) is 4.90 Å². The van der Waals surface area contributed by atoms with Gasteiger partial charge in [0.2, 0.25) is 11.8 Å². The van der Waals surface area contributed by atoms with E-state index in [4.69, 9.17) is 4.74 Å². The minimum absolute atomic E-state index is 0.0309. The first-order chi connectivity index (χ1) is 17.0. The van der Waals surface area contributed by atoms with Crippen LogP contribution in [0.4, 0.5) is 0 Å². The van der Waals surface area contributed by atoms with Crippen LogP contribution in [0.5, 0.6) is 5.75 Å². The molecule has 2 aliphatic rings. The van der Waals surface area contributed by atoms with Gasteiger partial charge in [-0.2, -0.15) is 0 Å². The number of nitrogens with zero attached hydrogens (tertiary/aromatic N) is 3. The molecule has 2 bridgehead atoms. The number of aryl methyl sites for hydroxylation is 2. The average Bonchev–Trinajstić information content (AvgIpc) is 3.23. The number of amides is 2. The van der Waals surface area contributed by atoms with Gasteiger partial charge >= 0.3 is 0 Å². The number of H-pyrrole nitrogens is 1. The highest BCUT2D eigenvalue weighted by Crippen LogP contribution is 2.24. The maximum atomic E-state index is 13.4. The first kappa shape index (κ1) is 23.4. The topological polar surface area (TPSA) is 78.5 Å². The van der Waals surface area contributed by atoms with E-state index < -0.39 is 0 Å². The molecule has 1 atom stereocenters. The zero-order chi connectivity index (χ0) is 24.2. The Morgan fingerprint density at radius 3 is 2.94 bits per heavy atom. The summed E-state index contributed by atoms with van der Waals surface area (Å²) in [6, 6.07) is 14.4. The second kappa shape index (κ2) is 10.5. The van der Waals surface area contributed by atoms with Crippen LogP contribution >= 0.6 is 0 Å². The summed E-state index contributed by atoms with van der Waals surface area (Å²) in [5.74, 6) is 1.76. The highest BCUT2D eigenvalue weighted by atomic mass is 16.5. The van der Waals surface area contributed by atoms with E-state index in [9.17, 15) is 9.59 Å². The van der Waals surface area contributed by atoms with Gasteiger partial charge in [-0.1, -0.05) is 18.2 Å². The largest absolute Gasteiger partial charge is 0.494 e. The Hall–Kier alpha value is -3.35. The van der Waals surface area contributed by atoms with Crippen LogP contribution in [-0.4, -0.2) is 63.9 Å². The van der Waals surface area contributed by atoms with Crippen molar-refractivity contribution in [1.29, 1.82) is 0 Å². The number of hydrogen-bond acceptors (Lipinski definition) is 4. The number of nitrogens with one attached hydrogen (secondary N) is 1. The lowest BCUT2D eigenvalue weighted by atomic mass is 9.95. The molecule has 0 radical (unpaired) electrons. The number of imidazole rings is 1. The van der Waals surface area contributed by atoms with Crippen LogP contribution in [-0.2, 0) is 22.4 Å². The fourth-order valence-corrected chi connectivity index (χ4v) is 5.33. The van der Waals surface area contributed by atoms with Crippen molar-refractivity contribution >= 4 is 22.8 Å². The van der Waals surface area contributed by atoms with Gasteiger partial charge in [0.25, 0.3) is 0 Å². The number of ether oxygens (including phenoxy) is 1. The fraction of sp³-hybridized carbons (Fsp3) is 0.464. The molecule has 0 spiro atoms. The Kier molecular flexibility index (Phi) is 7.02. The summed E-state index contributed by atoms with van der Waals surface area (Å²) in [7, 11) is 0. The number of carbonyl (C=O) groups is 2. The van der Waals surface area contributed by atoms with Gasteiger partial charge in [-0.05, 0) is 80.8 Å². The van der Waals surface area contributed by atoms with E-state index in [0.717, 1.165) is 66.8 Å². The standard InChI is InChI=1S/C28H34N4O3/c1-20-29-25-12-10-22(17-26(25)30-20)18-27(33)31-13-5-15-35-24-8-4-6-21(16-24)9-11-23-7-2-3-14-32(23)28(34)19-31/h4,6,8,10,12,16-17,23H,2-3,5,7,9,11,13-15,18-19H2,1H3,(H,29,30). The second-order valence-corrected chi connectivity index (χ2v) is 9.79. The molecule has 2 aliphatic heterocycles. The number of aromatic nitrogens is 2. The number of carbonyl (C=O) groups excluding carboxylic acids is 2. The summed E-state index contributed by atoms with van der Waals surface area (Å²) in [5, 5.41) is 0. The molecule has 1 aromatic heterocycles. The molecule has 1 fully saturated rings. The lowest BCUT2D eigenvalue weighted by molar-refractivity contribution is -0.142. The van der Waals surface area contributed by atoms with Gasteiger partial charge in [-0.3, -0.25) is 9.59 Å². The molecule has 7 nitrogen and oxygen atoms in total. The van der Waals surface area contributed by atoms with Crippen molar-refractivity contribution in [3.05, 3.63) is 59.4 Å². The number of aromatic amines is 1. The van der Waals surface area contributed by atoms with E-state index in [-0.39, 0.29) is 30.8 Å². The molecule has 7 heteroatoms. The van der Waals surface area contributed by atoms with Crippen LogP contribution in [0.3, 0.4) is 0 Å². The van der Waals surface area contributed by atoms with Gasteiger partial charge in [0.1, 0.15) is 11.6 Å². The van der Waals surface area contributed by atoms with Gasteiger partial charge in [0.05, 0.1) is 30.6 Å². The van der Waals surface area contributed by atoms with E-state index in [2.05, 4.69) is 22.1 Å². The Morgan fingerprint density at radius 2 is 2.03 bits per heavy atom. The normalized spacial score (nSPS) is 19.7. The van der Waals surface area contributed by atoms with Gasteiger partial charge < -0.3 is 19.5 Å². The van der Waals surface area contributed by atoms with Gasteiger partial charge in [-0.25, -0.2) is 4.98 Å². The average molecular weight is 475 g/mol. The minimum Gasteiger partial charge on any atom is -0.494 e. The summed E-state index contributed by atoms with van der Waals surface area (Å²) in [5.41, 5.74) is 3.99. The van der Waals surface area contributed by atoms with Crippen LogP contribution in [0.1, 0.15) is 49.1 Å². The van der Waals surface area contributed by atoms with Gasteiger partial charge in [0, 0.05) is 19.1 Å². The Labute approximate surface area is 206 Å². The van der Waals surface area contributed by atoms with Crippen LogP contribution in [0.15, 0.2) is 42.5 Å². The van der Waals surface area contributed by atoms with Gasteiger partial charge in [-0.15, -0.1) is 0 Å². The third-order valence-electron chi connectivity index (χ3n) is 7.15. The summed E-state index contributed by atoms with van der Waals surface area (Å²) in [6.45, 7) is 3.83. The number of rotatable bonds is 2. The highest BCUT2D eigenvalue weighted by Gasteiger charge is 2.29. The molecule has 1 unspecified atom stereocenters. The van der Waals surface area contributed by atoms with Crippen LogP contribution in [0.2, 0.25) is 0 Å². The number of piperidine rings is 1. The number of hydrogen-bond donors (Lipinski definition) is 1. The van der Waals surface area contributed by atoms with Crippen molar-refractivity contribution in [2.75, 3.05) is 26.2 Å². The Morgan fingerprint density at radius 1 is 1.11 bits per heavy atom. The molecule has 35 heavy (non-hydrogen) atoms. The van der Waals surface area contributed by atoms with Crippen molar-refractivity contribution in [2.24, 2.45) is 0 Å². The summed E-state index contributed by atoms with van der Waals surface area (Å²) >= 11 is 0. The molecular formula is C28H34N4O3. The quantitative estimate of drug-likeness (QED) is 0.608. The third-order valence-corrected chi connectivity index (χ3v) is 7.15. The van der Waals surface area contributed by atoms with Crippen LogP contribution < -0.4 is 4.74 Å². The highest BCUT2D eigenvalue weighted by molar-refractivity contribution is 5.87. The maximum absolute atomic E-state index is 13.4. The summed E-state index contributed by atoms with van der Waals surface area (Å²) < 4.78 is 5.98. The Balaban J connectivity index is 1.34. The van der Waals surface area contributed by atoms with E-state index >= 15 is 0 Å². The minimum atomic E-state index is -0.0309. The molecule has 1 N–H and O–H groups in total. The van der Waals surface area contributed by atoms with E-state index in [0.29, 0.717) is 19.6 Å². The van der Waals surface area contributed by atoms with Crippen LogP contribution in [0, 0.1) is 6.92 Å². The van der Waals surface area contributed by atoms with Crippen molar-refractivity contribution < 1.29 is 14.3 Å². The summed E-state index contributed by atoms with van der Waals surface area (Å²) in [4.78, 5) is 38.2. The molecule has 2 aromatic carbocycles. The zero-order valence-electron chi connectivity index (χ0n) is 20.5. The first-order valence-electron chi connectivity index (χ1n) is 12.8. The lowest BCUT2D eigenvalue weighted by Crippen LogP contribution is -2.49. The molecular weight excluding hydrogens is 440 g/mol. The molecule has 0 saturated carbocycles. The lowest BCUT2D eigenvalue weighted by Gasteiger charge is -2.37. The van der Waals surface area contributed by atoms with E-state index in [1.807, 2.05) is 42.2 Å². The van der Waals surface area contributed by atoms with Crippen LogP contribution in [0.25, 0.3) is 11.0 Å². The fourth-order valence-electron chi connectivity index (χ4n) is 5.33. The third kappa shape index (κ3) is 5.66. The predicted octanol–water partition coefficient (Wildman–Crippen LogP) is 4.04. The number of fused-ring (bicyclic) bond motifs is 4. The van der Waals surface area contributed by atoms with E-state index in [1.165, 1.54) is 5.56 Å².